The molecule has 0 saturated carbocycles. The number of nitrogens with zero attached hydrogens (tertiary/aromatic N) is 1. The lowest BCUT2D eigenvalue weighted by Gasteiger charge is -2.10. The summed E-state index contributed by atoms with van der Waals surface area (Å²) in [5.41, 5.74) is -0.416. The second kappa shape index (κ2) is 2.09. The molecule has 0 aliphatic rings. The third-order valence-corrected chi connectivity index (χ3v) is 1.16. The molecule has 0 saturated heterocycles. The third-order valence-electron chi connectivity index (χ3n) is 1.16. The van der Waals surface area contributed by atoms with Gasteiger partial charge >= 0.3 is 0 Å². The highest BCUT2D eigenvalue weighted by atomic mass is 16.5. The minimum atomic E-state index is -0.955. The molecule has 3 nitrogen and oxygen atoms in total. The van der Waals surface area contributed by atoms with Crippen molar-refractivity contribution in [2.75, 3.05) is 0 Å². The van der Waals surface area contributed by atoms with Gasteiger partial charge in [0.15, 0.2) is 5.76 Å². The van der Waals surface area contributed by atoms with Crippen molar-refractivity contribution in [3.8, 4) is 0 Å². The number of aliphatic hydroxyl groups is 1. The van der Waals surface area contributed by atoms with Gasteiger partial charge in [-0.3, -0.25) is 0 Å². The van der Waals surface area contributed by atoms with Crippen LogP contribution in [0.4, 0.5) is 0 Å². The Morgan fingerprint density at radius 3 is 2.50 bits per heavy atom. The van der Waals surface area contributed by atoms with Gasteiger partial charge in [0.1, 0.15) is 5.60 Å². The van der Waals surface area contributed by atoms with E-state index in [1.54, 1.807) is 19.9 Å². The molecular formula is C7H10NO2. The maximum absolute atomic E-state index is 9.34. The minimum Gasteiger partial charge on any atom is -0.382 e. The number of aromatic nitrogens is 1. The van der Waals surface area contributed by atoms with Crippen molar-refractivity contribution in [3.05, 3.63) is 24.4 Å². The van der Waals surface area contributed by atoms with Crippen LogP contribution in [0.5, 0.6) is 0 Å². The highest BCUT2D eigenvalue weighted by Gasteiger charge is 2.20. The van der Waals surface area contributed by atoms with E-state index in [-0.39, 0.29) is 0 Å². The minimum absolute atomic E-state index is 0.442. The fourth-order valence-corrected chi connectivity index (χ4v) is 0.600. The molecule has 0 atom stereocenters. The van der Waals surface area contributed by atoms with Crippen LogP contribution in [-0.2, 0) is 5.60 Å². The van der Waals surface area contributed by atoms with Crippen LogP contribution in [0.3, 0.4) is 0 Å². The Morgan fingerprint density at radius 1 is 1.70 bits per heavy atom. The van der Waals surface area contributed by atoms with Gasteiger partial charge in [-0.1, -0.05) is 5.16 Å². The predicted molar refractivity (Wildman–Crippen MR) is 36.2 cm³/mol. The summed E-state index contributed by atoms with van der Waals surface area (Å²) in [5.74, 6) is 0.442. The van der Waals surface area contributed by atoms with Crippen LogP contribution in [0.2, 0.25) is 0 Å². The molecule has 10 heavy (non-hydrogen) atoms. The first kappa shape index (κ1) is 7.28. The van der Waals surface area contributed by atoms with Gasteiger partial charge in [0, 0.05) is 6.07 Å². The summed E-state index contributed by atoms with van der Waals surface area (Å²) in [7, 11) is 0. The predicted octanol–water partition coefficient (Wildman–Crippen LogP) is 1.08. The van der Waals surface area contributed by atoms with Crippen LogP contribution in [0, 0.1) is 6.92 Å². The van der Waals surface area contributed by atoms with Gasteiger partial charge in [-0.15, -0.1) is 0 Å². The summed E-state index contributed by atoms with van der Waals surface area (Å²) < 4.78 is 4.77. The van der Waals surface area contributed by atoms with Crippen molar-refractivity contribution in [1.29, 1.82) is 0 Å². The van der Waals surface area contributed by atoms with Gasteiger partial charge in [-0.25, -0.2) is 0 Å². The van der Waals surface area contributed by atoms with Gasteiger partial charge in [0.2, 0.25) is 0 Å². The van der Waals surface area contributed by atoms with E-state index >= 15 is 0 Å². The normalized spacial score (nSPS) is 12.0. The maximum atomic E-state index is 9.34. The quantitative estimate of drug-likeness (QED) is 0.635. The fourth-order valence-electron chi connectivity index (χ4n) is 0.600. The molecule has 0 fully saturated rings. The molecule has 0 bridgehead atoms. The molecule has 55 valence electrons. The third kappa shape index (κ3) is 1.36. The first-order valence-corrected chi connectivity index (χ1v) is 3.01. The molecule has 1 aromatic heterocycles. The van der Waals surface area contributed by atoms with Gasteiger partial charge < -0.3 is 9.63 Å². The summed E-state index contributed by atoms with van der Waals surface area (Å²) >= 11 is 0. The summed E-state index contributed by atoms with van der Waals surface area (Å²) in [5, 5.41) is 12.9. The molecule has 0 amide bonds. The summed E-state index contributed by atoms with van der Waals surface area (Å²) in [6, 6.07) is 1.61. The molecule has 3 heteroatoms. The summed E-state index contributed by atoms with van der Waals surface area (Å²) in [4.78, 5) is 0. The number of rotatable bonds is 1. The molecule has 1 rings (SSSR count). The zero-order valence-corrected chi connectivity index (χ0v) is 6.09. The molecule has 1 heterocycles. The lowest BCUT2D eigenvalue weighted by atomic mass is 10.1. The second-order valence-corrected chi connectivity index (χ2v) is 2.74. The summed E-state index contributed by atoms with van der Waals surface area (Å²) in [6.45, 7) is 6.80. The fraction of sp³-hybridized carbons (Fsp3) is 0.429. The molecular weight excluding hydrogens is 130 g/mol. The molecule has 0 aromatic carbocycles. The van der Waals surface area contributed by atoms with Gasteiger partial charge in [0.25, 0.3) is 0 Å². The Labute approximate surface area is 59.7 Å². The van der Waals surface area contributed by atoms with Crippen molar-refractivity contribution >= 4 is 0 Å². The van der Waals surface area contributed by atoms with Crippen LogP contribution in [-0.4, -0.2) is 10.3 Å². The van der Waals surface area contributed by atoms with E-state index in [1.807, 2.05) is 0 Å². The first-order valence-electron chi connectivity index (χ1n) is 3.01. The standard InChI is InChI=1S/C7H10NO2/c1-5-4-6(10-8-5)7(2,3)9/h4,9H,1H2,2-3H3. The average Bonchev–Trinajstić information content (AvgIpc) is 2.11. The van der Waals surface area contributed by atoms with Crippen molar-refractivity contribution < 1.29 is 9.63 Å². The molecule has 0 spiro atoms. The smallest absolute Gasteiger partial charge is 0.167 e. The second-order valence-electron chi connectivity index (χ2n) is 2.74. The lowest BCUT2D eigenvalue weighted by Crippen LogP contribution is -2.13. The Hall–Kier alpha value is -0.830. The molecule has 1 N–H and O–H groups in total. The Balaban J connectivity index is 2.96. The largest absolute Gasteiger partial charge is 0.382 e. The highest BCUT2D eigenvalue weighted by molar-refractivity contribution is 5.12. The SMILES string of the molecule is [CH2]c1cc(C(C)(C)O)on1. The Morgan fingerprint density at radius 2 is 2.30 bits per heavy atom. The van der Waals surface area contributed by atoms with Crippen LogP contribution in [0.25, 0.3) is 0 Å². The monoisotopic (exact) mass is 140 g/mol. The van der Waals surface area contributed by atoms with E-state index in [1.165, 1.54) is 0 Å². The van der Waals surface area contributed by atoms with Crippen LogP contribution < -0.4 is 0 Å². The molecule has 1 radical (unpaired) electrons. The highest BCUT2D eigenvalue weighted by Crippen LogP contribution is 2.19. The van der Waals surface area contributed by atoms with Gasteiger partial charge in [0.05, 0.1) is 5.69 Å². The van der Waals surface area contributed by atoms with Crippen molar-refractivity contribution in [3.63, 3.8) is 0 Å². The van der Waals surface area contributed by atoms with E-state index in [2.05, 4.69) is 12.1 Å². The molecule has 0 unspecified atom stereocenters. The Bertz CT molecular complexity index is 222. The van der Waals surface area contributed by atoms with E-state index in [4.69, 9.17) is 4.52 Å². The molecule has 0 aliphatic heterocycles. The number of hydrogen-bond acceptors (Lipinski definition) is 3. The zero-order chi connectivity index (χ0) is 7.78. The van der Waals surface area contributed by atoms with Crippen LogP contribution >= 0.6 is 0 Å². The summed E-state index contributed by atoms with van der Waals surface area (Å²) in [6.07, 6.45) is 0. The Kier molecular flexibility index (Phi) is 1.52. The van der Waals surface area contributed by atoms with E-state index in [9.17, 15) is 5.11 Å². The first-order chi connectivity index (χ1) is 4.50. The van der Waals surface area contributed by atoms with Crippen LogP contribution in [0.15, 0.2) is 10.6 Å². The zero-order valence-electron chi connectivity index (χ0n) is 6.09. The van der Waals surface area contributed by atoms with E-state index < -0.39 is 5.60 Å². The van der Waals surface area contributed by atoms with E-state index in [0.717, 1.165) is 0 Å². The molecule has 1 aromatic rings. The van der Waals surface area contributed by atoms with Crippen LogP contribution in [0.1, 0.15) is 25.3 Å². The van der Waals surface area contributed by atoms with E-state index in [0.29, 0.717) is 11.5 Å². The van der Waals surface area contributed by atoms with Crippen molar-refractivity contribution in [2.24, 2.45) is 0 Å². The van der Waals surface area contributed by atoms with Gasteiger partial charge in [-0.2, -0.15) is 0 Å². The van der Waals surface area contributed by atoms with Crippen molar-refractivity contribution in [2.45, 2.75) is 19.4 Å². The average molecular weight is 140 g/mol. The number of hydrogen-bond donors (Lipinski definition) is 1. The topological polar surface area (TPSA) is 46.3 Å². The lowest BCUT2D eigenvalue weighted by molar-refractivity contribution is 0.0475. The maximum Gasteiger partial charge on any atom is 0.167 e. The van der Waals surface area contributed by atoms with Crippen molar-refractivity contribution in [1.82, 2.24) is 5.16 Å². The molecule has 0 aliphatic carbocycles. The van der Waals surface area contributed by atoms with Gasteiger partial charge in [-0.05, 0) is 20.8 Å².